The highest BCUT2D eigenvalue weighted by molar-refractivity contribution is 6.33. The van der Waals surface area contributed by atoms with Gasteiger partial charge in [-0.05, 0) is 23.8 Å². The molecule has 1 fully saturated rings. The van der Waals surface area contributed by atoms with Crippen molar-refractivity contribution in [3.8, 4) is 0 Å². The summed E-state index contributed by atoms with van der Waals surface area (Å²) in [4.78, 5) is 16.1. The monoisotopic (exact) mass is 398 g/mol. The van der Waals surface area contributed by atoms with Crippen LogP contribution in [0.2, 0.25) is 15.1 Å². The molecule has 0 bridgehead atoms. The highest BCUT2D eigenvalue weighted by Gasteiger charge is 2.31. The van der Waals surface area contributed by atoms with E-state index in [4.69, 9.17) is 40.5 Å². The molecule has 0 aromatic heterocycles. The molecule has 0 radical (unpaired) electrons. The normalized spacial score (nSPS) is 17.7. The zero-order chi connectivity index (χ0) is 18.0. The molecular formula is C18H19Cl3N3O+. The lowest BCUT2D eigenvalue weighted by molar-refractivity contribution is -0.288. The van der Waals surface area contributed by atoms with Crippen molar-refractivity contribution in [2.45, 2.75) is 6.04 Å². The van der Waals surface area contributed by atoms with E-state index in [9.17, 15) is 4.79 Å². The Morgan fingerprint density at radius 1 is 1.16 bits per heavy atom. The van der Waals surface area contributed by atoms with E-state index in [0.29, 0.717) is 34.7 Å². The number of rotatable bonds is 3. The third-order valence-corrected chi connectivity index (χ3v) is 5.20. The molecule has 0 spiro atoms. The molecule has 2 N–H and O–H groups in total. The molecule has 1 atom stereocenters. The molecule has 1 heterocycles. The fraction of sp³-hybridized carbons (Fsp3) is 0.278. The molecule has 0 unspecified atom stereocenters. The lowest BCUT2D eigenvalue weighted by Crippen LogP contribution is -2.52. The number of carbonyl (C=O) groups excluding carboxylic acids is 1. The fourth-order valence-corrected chi connectivity index (χ4v) is 3.78. The van der Waals surface area contributed by atoms with Gasteiger partial charge in [-0.1, -0.05) is 35.3 Å². The summed E-state index contributed by atoms with van der Waals surface area (Å²) in [7, 11) is 0. The number of benzene rings is 2. The first-order valence-electron chi connectivity index (χ1n) is 7.96. The number of halogens is 3. The third kappa shape index (κ3) is 4.04. The Kier molecular flexibility index (Phi) is 5.74. The summed E-state index contributed by atoms with van der Waals surface area (Å²) in [5.74, 6) is -0.0504. The van der Waals surface area contributed by atoms with E-state index in [1.54, 1.807) is 11.0 Å². The van der Waals surface area contributed by atoms with Gasteiger partial charge in [-0.15, -0.1) is 0 Å². The van der Waals surface area contributed by atoms with E-state index in [1.807, 2.05) is 36.4 Å². The van der Waals surface area contributed by atoms with E-state index in [-0.39, 0.29) is 18.5 Å². The third-order valence-electron chi connectivity index (χ3n) is 4.39. The van der Waals surface area contributed by atoms with Gasteiger partial charge < -0.3 is 15.5 Å². The number of nitrogens with two attached hydrogens (primary N) is 1. The highest BCUT2D eigenvalue weighted by atomic mass is 35.5. The van der Waals surface area contributed by atoms with Crippen LogP contribution < -0.4 is 10.6 Å². The molecule has 1 saturated heterocycles. The number of nitrogens with zero attached hydrogens (tertiary/aromatic N) is 2. The van der Waals surface area contributed by atoms with Gasteiger partial charge in [-0.2, -0.15) is 0 Å². The van der Waals surface area contributed by atoms with Crippen LogP contribution in [0.15, 0.2) is 42.5 Å². The predicted molar refractivity (Wildman–Crippen MR) is 99.2 cm³/mol. The topological polar surface area (TPSA) is 49.6 Å². The predicted octanol–water partition coefficient (Wildman–Crippen LogP) is 3.04. The summed E-state index contributed by atoms with van der Waals surface area (Å²) in [6.45, 7) is 1.82. The van der Waals surface area contributed by atoms with Crippen LogP contribution in [0.5, 0.6) is 0 Å². The van der Waals surface area contributed by atoms with Gasteiger partial charge in [-0.25, -0.2) is 0 Å². The van der Waals surface area contributed by atoms with E-state index in [0.717, 1.165) is 11.3 Å². The first kappa shape index (κ1) is 18.3. The molecular weight excluding hydrogens is 381 g/mol. The second kappa shape index (κ2) is 7.83. The van der Waals surface area contributed by atoms with Gasteiger partial charge >= 0.3 is 0 Å². The van der Waals surface area contributed by atoms with E-state index in [1.165, 1.54) is 0 Å². The zero-order valence-electron chi connectivity index (χ0n) is 13.5. The van der Waals surface area contributed by atoms with Crippen LogP contribution in [-0.4, -0.2) is 37.0 Å². The quantitative estimate of drug-likeness (QED) is 0.863. The molecule has 1 aliphatic rings. The molecule has 1 amide bonds. The molecule has 1 aliphatic heterocycles. The molecule has 25 heavy (non-hydrogen) atoms. The van der Waals surface area contributed by atoms with Gasteiger partial charge in [0.25, 0.3) is 0 Å². The molecule has 132 valence electrons. The number of hydrogen-bond acceptors (Lipinski definition) is 3. The lowest BCUT2D eigenvalue weighted by atomic mass is 10.0. The molecule has 4 nitrogen and oxygen atoms in total. The molecule has 3 rings (SSSR count). The number of carbonyl (C=O) groups is 1. The van der Waals surface area contributed by atoms with Crippen LogP contribution in [-0.2, 0) is 4.79 Å². The number of anilines is 1. The first-order valence-corrected chi connectivity index (χ1v) is 9.12. The minimum Gasteiger partial charge on any atom is -0.360 e. The fourth-order valence-electron chi connectivity index (χ4n) is 3.12. The van der Waals surface area contributed by atoms with E-state index >= 15 is 0 Å². The van der Waals surface area contributed by atoms with Crippen LogP contribution in [0.25, 0.3) is 0 Å². The molecule has 0 saturated carbocycles. The number of hydrogen-bond donors (Lipinski definition) is 1. The Morgan fingerprint density at radius 2 is 1.88 bits per heavy atom. The summed E-state index contributed by atoms with van der Waals surface area (Å²) in [5.41, 5.74) is 7.52. The minimum absolute atomic E-state index is 0.0126. The second-order valence-corrected chi connectivity index (χ2v) is 7.23. The van der Waals surface area contributed by atoms with Crippen LogP contribution in [0.1, 0.15) is 11.6 Å². The Hall–Kier alpha value is -1.46. The maximum atomic E-state index is 12.1. The van der Waals surface area contributed by atoms with Crippen molar-refractivity contribution in [3.05, 3.63) is 63.1 Å². The Labute approximate surface area is 162 Å². The second-order valence-electron chi connectivity index (χ2n) is 5.92. The largest absolute Gasteiger partial charge is 0.360 e. The first-order chi connectivity index (χ1) is 12.0. The summed E-state index contributed by atoms with van der Waals surface area (Å²) in [5, 5.41) is 1.99. The summed E-state index contributed by atoms with van der Waals surface area (Å²) in [6, 6.07) is 13.2. The zero-order valence-corrected chi connectivity index (χ0v) is 15.8. The molecule has 0 aliphatic carbocycles. The van der Waals surface area contributed by atoms with Gasteiger partial charge in [0.2, 0.25) is 10.9 Å². The standard InChI is InChI=1S/C18H19Cl3N3O/c19-13-3-1-12(2-4-13)17-11-23(18(25)10-22)7-8-24(17)16-6-5-14(20)9-15(16)21/h1-6,9,17,20H,7-8,10-11,22H2/q+1/t17-/m0/s1. The summed E-state index contributed by atoms with van der Waals surface area (Å²) in [6.07, 6.45) is 0. The van der Waals surface area contributed by atoms with Crippen molar-refractivity contribution < 1.29 is 16.4 Å². The van der Waals surface area contributed by atoms with Gasteiger partial charge in [-0.3, -0.25) is 4.79 Å². The average molecular weight is 400 g/mol. The number of amides is 1. The van der Waals surface area contributed by atoms with Crippen LogP contribution >= 0.6 is 23.2 Å². The average Bonchev–Trinajstić information content (AvgIpc) is 2.61. The minimum atomic E-state index is -0.0504. The van der Waals surface area contributed by atoms with Crippen molar-refractivity contribution in [3.63, 3.8) is 0 Å². The Bertz CT molecular complexity index is 767. The van der Waals surface area contributed by atoms with Crippen LogP contribution in [0, 0.1) is 11.6 Å². The van der Waals surface area contributed by atoms with Gasteiger partial charge in [0.1, 0.15) is 0 Å². The molecule has 2 aromatic rings. The SMILES string of the molecule is NCC(=O)N1CCN(c2ccc([ClH+])cc2Cl)[C@H](c2ccc(Cl)cc2)C1. The maximum absolute atomic E-state index is 12.1. The lowest BCUT2D eigenvalue weighted by Gasteiger charge is -2.43. The summed E-state index contributed by atoms with van der Waals surface area (Å²) >= 11 is 17.6. The van der Waals surface area contributed by atoms with Crippen molar-refractivity contribution in [2.75, 3.05) is 31.1 Å². The summed E-state index contributed by atoms with van der Waals surface area (Å²) < 4.78 is 0. The Balaban J connectivity index is 1.97. The molecule has 2 aromatic carbocycles. The van der Waals surface area contributed by atoms with Gasteiger partial charge in [0.15, 0.2) is 11.6 Å². The van der Waals surface area contributed by atoms with E-state index in [2.05, 4.69) is 4.90 Å². The van der Waals surface area contributed by atoms with Gasteiger partial charge in [0, 0.05) is 36.8 Å². The van der Waals surface area contributed by atoms with Crippen molar-refractivity contribution in [2.24, 2.45) is 5.73 Å². The molecule has 7 heteroatoms. The smallest absolute Gasteiger partial charge is 0.236 e. The van der Waals surface area contributed by atoms with Crippen molar-refractivity contribution in [1.82, 2.24) is 4.90 Å². The van der Waals surface area contributed by atoms with Crippen LogP contribution in [0.4, 0.5) is 5.69 Å². The van der Waals surface area contributed by atoms with E-state index < -0.39 is 0 Å². The van der Waals surface area contributed by atoms with Crippen LogP contribution in [0.3, 0.4) is 0 Å². The Morgan fingerprint density at radius 3 is 2.52 bits per heavy atom. The van der Waals surface area contributed by atoms with Crippen molar-refractivity contribution in [1.29, 1.82) is 0 Å². The maximum Gasteiger partial charge on any atom is 0.236 e. The van der Waals surface area contributed by atoms with Crippen molar-refractivity contribution >= 4 is 34.8 Å². The van der Waals surface area contributed by atoms with Gasteiger partial charge in [0.05, 0.1) is 23.3 Å². The highest BCUT2D eigenvalue weighted by Crippen LogP contribution is 2.36. The number of piperazine rings is 1.